The smallest absolute Gasteiger partial charge is 0.115 e. The molecule has 12 fully saturated rings. The number of aliphatic hydroxyl groups excluding tert-OH is 6. The summed E-state index contributed by atoms with van der Waals surface area (Å²) in [5.41, 5.74) is 2.15. The Kier molecular flexibility index (Phi) is 24.2. The van der Waals surface area contributed by atoms with Gasteiger partial charge in [-0.25, -0.2) is 0 Å². The minimum Gasteiger partial charge on any atom is -0.508 e. The molecule has 2 spiro atoms. The molecule has 0 radical (unpaired) electrons. The third-order valence-corrected chi connectivity index (χ3v) is 33.6. The summed E-state index contributed by atoms with van der Waals surface area (Å²) in [5, 5.41) is 96.5. The van der Waals surface area contributed by atoms with Gasteiger partial charge >= 0.3 is 0 Å². The predicted octanol–water partition coefficient (Wildman–Crippen LogP) is 18.9. The van der Waals surface area contributed by atoms with Crippen LogP contribution in [-0.2, 0) is 5.60 Å². The Morgan fingerprint density at radius 2 is 0.909 bits per heavy atom. The number of phenolic OH excluding ortho intramolecular Hbond substituents is 1. The fourth-order valence-electron chi connectivity index (χ4n) is 26.7. The number of benzene rings is 2. The zero-order valence-electron chi connectivity index (χ0n) is 67.4. The molecule has 22 aliphatic carbocycles. The summed E-state index contributed by atoms with van der Waals surface area (Å²) < 4.78 is 0. The van der Waals surface area contributed by atoms with E-state index in [1.54, 1.807) is 6.07 Å². The molecule has 33 unspecified atom stereocenters. The molecule has 2 aromatic carbocycles. The van der Waals surface area contributed by atoms with Crippen LogP contribution in [0.4, 0.5) is 0 Å². The highest BCUT2D eigenvalue weighted by Crippen LogP contribution is 2.62. The summed E-state index contributed by atoms with van der Waals surface area (Å²) in [4.78, 5) is 0. The SMILES string of the molecule is CC(O)C1(C)CC2C=CC1C2.CC1(CO)CC2C=CC1C2.CC1(O)CC2C=CC1C2.CCC1(O)CC2C=CC1C2.OC1(c2ccccc2)CC2C=CC1C2.OC1CC2C=CC1C2.OC1CCCC12CC1C=CC2C1.OC1CCCCC12CC1C=CC2C1.OCC1CC2C=CC1C2.Oc1cccc(C2CC3C=CC2C3)c1. The van der Waals surface area contributed by atoms with Crippen LogP contribution in [0.2, 0.25) is 0 Å². The van der Waals surface area contributed by atoms with Crippen molar-refractivity contribution in [3.05, 3.63) is 187 Å². The minimum absolute atomic E-state index is 0.00111. The van der Waals surface area contributed by atoms with E-state index in [2.05, 4.69) is 148 Å². The topological polar surface area (TPSA) is 202 Å². The Morgan fingerprint density at radius 3 is 1.23 bits per heavy atom. The zero-order valence-corrected chi connectivity index (χ0v) is 67.4. The number of phenols is 1. The van der Waals surface area contributed by atoms with Crippen LogP contribution in [0.5, 0.6) is 5.75 Å². The van der Waals surface area contributed by atoms with Crippen LogP contribution in [0.1, 0.15) is 231 Å². The molecule has 0 saturated heterocycles. The largest absolute Gasteiger partial charge is 0.508 e. The van der Waals surface area contributed by atoms with Gasteiger partial charge in [0.1, 0.15) is 5.75 Å². The quantitative estimate of drug-likeness (QED) is 0.124. The molecular weight excluding hydrogens is 1360 g/mol. The van der Waals surface area contributed by atoms with Crippen LogP contribution in [0.25, 0.3) is 0 Å². The highest BCUT2D eigenvalue weighted by Gasteiger charge is 2.56. The lowest BCUT2D eigenvalue weighted by Crippen LogP contribution is -2.41. The van der Waals surface area contributed by atoms with Crippen molar-refractivity contribution >= 4 is 0 Å². The van der Waals surface area contributed by atoms with E-state index in [1.807, 2.05) is 56.3 Å². The summed E-state index contributed by atoms with van der Waals surface area (Å²) in [6, 6.07) is 17.8. The van der Waals surface area contributed by atoms with Crippen molar-refractivity contribution in [1.29, 1.82) is 0 Å². The van der Waals surface area contributed by atoms with E-state index in [0.717, 1.165) is 116 Å². The second-order valence-corrected chi connectivity index (χ2v) is 40.6. The monoisotopic (exact) mass is 1500 g/mol. The van der Waals surface area contributed by atoms with Gasteiger partial charge in [-0.2, -0.15) is 0 Å². The van der Waals surface area contributed by atoms with Crippen LogP contribution in [0.15, 0.2) is 176 Å². The van der Waals surface area contributed by atoms with E-state index in [9.17, 15) is 35.7 Å². The molecule has 0 aromatic heterocycles. The number of hydrogen-bond donors (Lipinski definition) is 10. The van der Waals surface area contributed by atoms with Crippen LogP contribution < -0.4 is 0 Å². The predicted molar refractivity (Wildman–Crippen MR) is 441 cm³/mol. The molecule has 0 aliphatic heterocycles. The summed E-state index contributed by atoms with van der Waals surface area (Å²) in [5.74, 6) is 15.1. The van der Waals surface area contributed by atoms with E-state index in [4.69, 9.17) is 15.3 Å². The molecule has 0 amide bonds. The molecule has 110 heavy (non-hydrogen) atoms. The van der Waals surface area contributed by atoms with E-state index < -0.39 is 5.60 Å². The van der Waals surface area contributed by atoms with Crippen molar-refractivity contribution in [3.8, 4) is 5.75 Å². The Morgan fingerprint density at radius 1 is 0.418 bits per heavy atom. The summed E-state index contributed by atoms with van der Waals surface area (Å²) in [6.07, 6.45) is 78.8. The average Bonchev–Trinajstić information content (AvgIpc) is 1.58. The van der Waals surface area contributed by atoms with E-state index >= 15 is 0 Å². The molecule has 10 nitrogen and oxygen atoms in total. The molecule has 24 rings (SSSR count). The Bertz CT molecular complexity index is 3720. The fourth-order valence-corrected chi connectivity index (χ4v) is 26.7. The van der Waals surface area contributed by atoms with Crippen LogP contribution in [-0.4, -0.2) is 99.9 Å². The van der Waals surface area contributed by atoms with Crippen molar-refractivity contribution < 1.29 is 51.1 Å². The van der Waals surface area contributed by atoms with Crippen LogP contribution in [0, 0.1) is 146 Å². The molecule has 2 aromatic rings. The maximum Gasteiger partial charge on any atom is 0.115 e. The van der Waals surface area contributed by atoms with Gasteiger partial charge in [0.05, 0.1) is 41.2 Å². The van der Waals surface area contributed by atoms with Crippen molar-refractivity contribution in [2.24, 2.45) is 146 Å². The number of allylic oxidation sites excluding steroid dienone is 16. The number of hydrogen-bond acceptors (Lipinski definition) is 10. The van der Waals surface area contributed by atoms with E-state index in [0.29, 0.717) is 101 Å². The van der Waals surface area contributed by atoms with Crippen molar-refractivity contribution in [2.75, 3.05) is 13.2 Å². The first kappa shape index (κ1) is 80.5. The highest BCUT2D eigenvalue weighted by atomic mass is 16.3. The zero-order chi connectivity index (χ0) is 77.0. The first-order valence-electron chi connectivity index (χ1n) is 44.6. The maximum atomic E-state index is 10.6. The normalized spacial score (nSPS) is 47.9. The standard InChI is InChI=1S/2C13H14O.C12H18O.C11H16O.C10H16O.2C9H14O.2C8H12O.C7H10O/c14-12-3-1-2-10(8-12)13-7-9-4-5-11(13)6-9;14-13(11-4-2-1-3-5-11)9-10-6-7-12(13)8-10;13-11-3-1-2-6-12(11)8-9-4-5-10(12)7-9;12-10-2-1-5-11(10)7-8-3-4-9(11)6-8;1-7(11)10(2)6-8-3-4-9(10)5-8;1-9(6-10)5-7-2-3-8(9)4-7;1-2-9(10)6-7-3-4-8(9)5-7;1-8(9)5-6-2-3-7(8)4-6;9-5-8-4-6-1-2-7(8)3-6;8-7-4-5-1-2-6(7)3-5/h1-5,8-9,11,13-14H,6-7H2;1-7,10,12,14H,8-9H2;4-5,9-11,13H,1-3,6-8H2;3-4,8-10,12H,1-2,5-7H2;3-4,7-9,11H,5-6H2,1-2H3;2-3,7-8,10H,4-6H2,1H3;3-4,7-8,10H,2,5-6H2,1H3;2-3,6-7,9H,4-5H2,1H3;1-2,6-9H,3-5H2;1-2,5-8H,3-4H2. The fraction of sp³-hybridized carbons (Fsp3) is 0.680. The average molecular weight is 1500 g/mol. The highest BCUT2D eigenvalue weighted by molar-refractivity contribution is 5.34. The Labute approximate surface area is 661 Å². The third kappa shape index (κ3) is 16.6. The first-order chi connectivity index (χ1) is 52.8. The number of aromatic hydroxyl groups is 1. The lowest BCUT2D eigenvalue weighted by molar-refractivity contribution is -0.0298. The van der Waals surface area contributed by atoms with Gasteiger partial charge in [-0.15, -0.1) is 0 Å². The van der Waals surface area contributed by atoms with Crippen molar-refractivity contribution in [2.45, 2.75) is 262 Å². The van der Waals surface area contributed by atoms with E-state index in [1.165, 1.54) is 134 Å². The van der Waals surface area contributed by atoms with Crippen molar-refractivity contribution in [1.82, 2.24) is 0 Å². The lowest BCUT2D eigenvalue weighted by atomic mass is 9.64. The van der Waals surface area contributed by atoms with Gasteiger partial charge in [-0.3, -0.25) is 0 Å². The van der Waals surface area contributed by atoms with Gasteiger partial charge in [-0.05, 0) is 310 Å². The molecular formula is C100H140O10. The second kappa shape index (κ2) is 33.1. The van der Waals surface area contributed by atoms with Crippen LogP contribution >= 0.6 is 0 Å². The molecule has 12 saturated carbocycles. The third-order valence-electron chi connectivity index (χ3n) is 33.6. The molecule has 22 aliphatic rings. The lowest BCUT2D eigenvalue weighted by Gasteiger charge is -2.43. The molecule has 600 valence electrons. The second-order valence-electron chi connectivity index (χ2n) is 40.6. The number of aliphatic hydroxyl groups is 9. The molecule has 10 heteroatoms. The van der Waals surface area contributed by atoms with Gasteiger partial charge < -0.3 is 51.1 Å². The van der Waals surface area contributed by atoms with E-state index in [-0.39, 0.29) is 46.4 Å². The minimum atomic E-state index is -0.583. The molecule has 20 bridgehead atoms. The van der Waals surface area contributed by atoms with Gasteiger partial charge in [0, 0.05) is 53.1 Å². The summed E-state index contributed by atoms with van der Waals surface area (Å²) in [6.45, 7) is 11.1. The van der Waals surface area contributed by atoms with Gasteiger partial charge in [0.2, 0.25) is 0 Å². The van der Waals surface area contributed by atoms with Gasteiger partial charge in [0.15, 0.2) is 0 Å². The van der Waals surface area contributed by atoms with Gasteiger partial charge in [-0.1, -0.05) is 204 Å². The summed E-state index contributed by atoms with van der Waals surface area (Å²) >= 11 is 0. The first-order valence-corrected chi connectivity index (χ1v) is 44.6. The molecule has 33 atom stereocenters. The van der Waals surface area contributed by atoms with Crippen molar-refractivity contribution in [3.63, 3.8) is 0 Å². The number of rotatable bonds is 6. The number of fused-ring (bicyclic) bond motifs is 22. The maximum absolute atomic E-state index is 10.6. The van der Waals surface area contributed by atoms with Gasteiger partial charge in [0.25, 0.3) is 0 Å². The Balaban J connectivity index is 0.0000000975. The molecule has 0 heterocycles. The molecule has 10 N–H and O–H groups in total. The Hall–Kier alpha value is -4.72. The van der Waals surface area contributed by atoms with Crippen LogP contribution in [0.3, 0.4) is 0 Å². The summed E-state index contributed by atoms with van der Waals surface area (Å²) in [7, 11) is 0.